The van der Waals surface area contributed by atoms with E-state index in [1.807, 2.05) is 24.3 Å². The molecule has 1 aliphatic rings. The normalized spacial score (nSPS) is 35.1. The first-order chi connectivity index (χ1) is 5.29. The lowest BCUT2D eigenvalue weighted by atomic mass is 10.1. The Kier molecular flexibility index (Phi) is 0.707. The zero-order valence-corrected chi connectivity index (χ0v) is 5.17. The van der Waals surface area contributed by atoms with Crippen molar-refractivity contribution < 1.29 is 2.74 Å². The Morgan fingerprint density at radius 2 is 1.67 bits per heavy atom. The Bertz CT molecular complexity index is 243. The summed E-state index contributed by atoms with van der Waals surface area (Å²) < 4.78 is 15.2. The second-order valence-corrected chi connectivity index (χ2v) is 2.27. The third-order valence-electron chi connectivity index (χ3n) is 1.67. The van der Waals surface area contributed by atoms with Crippen LogP contribution in [0.15, 0.2) is 24.3 Å². The van der Waals surface area contributed by atoms with Gasteiger partial charge in [0.1, 0.15) is 0 Å². The summed E-state index contributed by atoms with van der Waals surface area (Å²) in [5.74, 6) is 0. The third kappa shape index (κ3) is 0.748. The molecule has 2 unspecified atom stereocenters. The maximum atomic E-state index is 7.62. The molecule has 1 aromatic rings. The Labute approximate surface area is 58.3 Å². The second kappa shape index (κ2) is 1.87. The van der Waals surface area contributed by atoms with Gasteiger partial charge in [-0.1, -0.05) is 24.3 Å². The van der Waals surface area contributed by atoms with Crippen molar-refractivity contribution in [1.82, 2.24) is 0 Å². The first-order valence-electron chi connectivity index (χ1n) is 4.38. The molecule has 0 heteroatoms. The molecule has 0 heterocycles. The van der Waals surface area contributed by atoms with Gasteiger partial charge < -0.3 is 0 Å². The van der Waals surface area contributed by atoms with Crippen molar-refractivity contribution in [1.29, 1.82) is 0 Å². The van der Waals surface area contributed by atoms with Gasteiger partial charge in [0.15, 0.2) is 0 Å². The predicted molar refractivity (Wildman–Crippen MR) is 38.5 cm³/mol. The molecule has 0 radical (unpaired) electrons. The van der Waals surface area contributed by atoms with Gasteiger partial charge in [-0.3, -0.25) is 0 Å². The van der Waals surface area contributed by atoms with E-state index in [9.17, 15) is 0 Å². The lowest BCUT2D eigenvalue weighted by Crippen LogP contribution is -1.77. The Balaban J connectivity index is 2.52. The number of benzene rings is 1. The number of aryl methyl sites for hydroxylation is 2. The highest BCUT2D eigenvalue weighted by Crippen LogP contribution is 2.20. The van der Waals surface area contributed by atoms with Gasteiger partial charge >= 0.3 is 0 Å². The lowest BCUT2D eigenvalue weighted by Gasteiger charge is -1.93. The number of fused-ring (bicyclic) bond motifs is 1. The van der Waals surface area contributed by atoms with E-state index in [0.29, 0.717) is 6.42 Å². The summed E-state index contributed by atoms with van der Waals surface area (Å²) in [6.07, 6.45) is 0.349. The fraction of sp³-hybridized carbons (Fsp3) is 0.333. The lowest BCUT2D eigenvalue weighted by molar-refractivity contribution is 0.912. The quantitative estimate of drug-likeness (QED) is 0.492. The standard InChI is InChI=1S/C9H10/c1-2-5-9-7-3-6-8(9)4-1/h1-2,4-5H,3,6-7H2/i6D,7D. The van der Waals surface area contributed by atoms with E-state index in [1.54, 1.807) is 0 Å². The highest BCUT2D eigenvalue weighted by molar-refractivity contribution is 5.30. The van der Waals surface area contributed by atoms with Gasteiger partial charge in [-0.2, -0.15) is 0 Å². The van der Waals surface area contributed by atoms with Gasteiger partial charge in [-0.05, 0) is 30.3 Å². The molecule has 0 amide bonds. The fourth-order valence-electron chi connectivity index (χ4n) is 1.20. The molecule has 0 saturated heterocycles. The third-order valence-corrected chi connectivity index (χ3v) is 1.67. The summed E-state index contributed by atoms with van der Waals surface area (Å²) in [4.78, 5) is 0. The summed E-state index contributed by atoms with van der Waals surface area (Å²) in [5.41, 5.74) is 2.10. The van der Waals surface area contributed by atoms with E-state index in [4.69, 9.17) is 2.74 Å². The maximum Gasteiger partial charge on any atom is 0.0316 e. The van der Waals surface area contributed by atoms with Crippen LogP contribution in [0, 0.1) is 0 Å². The summed E-state index contributed by atoms with van der Waals surface area (Å²) in [6.45, 7) is 0. The van der Waals surface area contributed by atoms with Crippen molar-refractivity contribution in [2.75, 3.05) is 0 Å². The maximum absolute atomic E-state index is 7.62. The van der Waals surface area contributed by atoms with Crippen LogP contribution < -0.4 is 0 Å². The summed E-state index contributed by atoms with van der Waals surface area (Å²) in [7, 11) is 0. The van der Waals surface area contributed by atoms with Crippen molar-refractivity contribution in [2.45, 2.75) is 19.2 Å². The van der Waals surface area contributed by atoms with E-state index >= 15 is 0 Å². The van der Waals surface area contributed by atoms with E-state index in [-0.39, 0.29) is 12.8 Å². The highest BCUT2D eigenvalue weighted by atomic mass is 14.1. The first kappa shape index (κ1) is 3.40. The number of hydrogen-bond donors (Lipinski definition) is 0. The Morgan fingerprint density at radius 3 is 2.22 bits per heavy atom. The molecular formula is C9H10. The van der Waals surface area contributed by atoms with E-state index < -0.39 is 0 Å². The molecule has 9 heavy (non-hydrogen) atoms. The van der Waals surface area contributed by atoms with Crippen LogP contribution >= 0.6 is 0 Å². The van der Waals surface area contributed by atoms with Crippen LogP contribution in [0.5, 0.6) is 0 Å². The Hall–Kier alpha value is -0.780. The summed E-state index contributed by atoms with van der Waals surface area (Å²) >= 11 is 0. The van der Waals surface area contributed by atoms with Crippen molar-refractivity contribution in [3.05, 3.63) is 35.4 Å². The molecule has 0 aliphatic heterocycles. The minimum atomic E-state index is -0.159. The van der Waals surface area contributed by atoms with Gasteiger partial charge in [-0.15, -0.1) is 0 Å². The van der Waals surface area contributed by atoms with Gasteiger partial charge in [0.05, 0.1) is 0 Å². The van der Waals surface area contributed by atoms with Crippen molar-refractivity contribution in [3.8, 4) is 0 Å². The van der Waals surface area contributed by atoms with Crippen LogP contribution in [0.3, 0.4) is 0 Å². The molecule has 2 atom stereocenters. The Morgan fingerprint density at radius 1 is 1.11 bits per heavy atom. The number of hydrogen-bond acceptors (Lipinski definition) is 0. The molecule has 0 fully saturated rings. The van der Waals surface area contributed by atoms with E-state index in [0.717, 1.165) is 11.1 Å². The van der Waals surface area contributed by atoms with Crippen molar-refractivity contribution in [3.63, 3.8) is 0 Å². The minimum absolute atomic E-state index is 0.159. The zero-order valence-electron chi connectivity index (χ0n) is 7.17. The van der Waals surface area contributed by atoms with Gasteiger partial charge in [0, 0.05) is 2.74 Å². The zero-order chi connectivity index (χ0) is 7.84. The van der Waals surface area contributed by atoms with Gasteiger partial charge in [0.25, 0.3) is 0 Å². The molecule has 0 spiro atoms. The minimum Gasteiger partial charge on any atom is -0.0620 e. The first-order valence-corrected chi connectivity index (χ1v) is 3.22. The molecular weight excluding hydrogens is 108 g/mol. The van der Waals surface area contributed by atoms with Crippen molar-refractivity contribution >= 4 is 0 Å². The summed E-state index contributed by atoms with van der Waals surface area (Å²) in [6, 6.07) is 7.81. The molecule has 46 valence electrons. The average Bonchev–Trinajstić information content (AvgIpc) is 2.30. The van der Waals surface area contributed by atoms with Crippen LogP contribution in [0.1, 0.15) is 20.3 Å². The number of rotatable bonds is 0. The molecule has 0 bridgehead atoms. The van der Waals surface area contributed by atoms with Gasteiger partial charge in [0.2, 0.25) is 0 Å². The van der Waals surface area contributed by atoms with E-state index in [1.165, 1.54) is 0 Å². The fourth-order valence-corrected chi connectivity index (χ4v) is 1.20. The molecule has 0 N–H and O–H groups in total. The van der Waals surface area contributed by atoms with Crippen LogP contribution in [0.4, 0.5) is 0 Å². The molecule has 2 rings (SSSR count). The molecule has 0 nitrogen and oxygen atoms in total. The van der Waals surface area contributed by atoms with Crippen LogP contribution in [-0.4, -0.2) is 0 Å². The molecule has 1 aliphatic carbocycles. The molecule has 1 aromatic carbocycles. The van der Waals surface area contributed by atoms with Gasteiger partial charge in [-0.25, -0.2) is 0 Å². The van der Waals surface area contributed by atoms with Crippen molar-refractivity contribution in [2.24, 2.45) is 0 Å². The van der Waals surface area contributed by atoms with Crippen LogP contribution in [0.2, 0.25) is 0 Å². The average molecular weight is 120 g/mol. The van der Waals surface area contributed by atoms with Crippen LogP contribution in [0.25, 0.3) is 0 Å². The SMILES string of the molecule is [2H]C1CC([2H])c2ccccc21. The highest BCUT2D eigenvalue weighted by Gasteiger charge is 2.07. The second-order valence-electron chi connectivity index (χ2n) is 2.27. The smallest absolute Gasteiger partial charge is 0.0316 e. The van der Waals surface area contributed by atoms with E-state index in [2.05, 4.69) is 0 Å². The topological polar surface area (TPSA) is 0 Å². The monoisotopic (exact) mass is 120 g/mol. The summed E-state index contributed by atoms with van der Waals surface area (Å²) in [5, 5.41) is 0. The molecule has 0 saturated carbocycles. The molecule has 0 aromatic heterocycles. The largest absolute Gasteiger partial charge is 0.0620 e. The predicted octanol–water partition coefficient (Wildman–Crippen LogP) is 2.18. The van der Waals surface area contributed by atoms with Crippen LogP contribution in [-0.2, 0) is 12.8 Å².